The lowest BCUT2D eigenvalue weighted by atomic mass is 9.98. The highest BCUT2D eigenvalue weighted by atomic mass is 16.2. The molecule has 110 valence electrons. The Bertz CT molecular complexity index is 610. The van der Waals surface area contributed by atoms with E-state index in [2.05, 4.69) is 0 Å². The van der Waals surface area contributed by atoms with E-state index < -0.39 is 0 Å². The molecule has 2 aromatic rings. The maximum absolute atomic E-state index is 12.6. The molecule has 2 aromatic carbocycles. The Morgan fingerprint density at radius 1 is 1.00 bits per heavy atom. The monoisotopic (exact) mass is 282 g/mol. The number of nitrogens with zero attached hydrogens (tertiary/aromatic N) is 1. The lowest BCUT2D eigenvalue weighted by Gasteiger charge is -2.28. The van der Waals surface area contributed by atoms with Crippen LogP contribution < -0.4 is 5.73 Å². The van der Waals surface area contributed by atoms with E-state index in [1.54, 1.807) is 4.90 Å². The number of nitrogen functional groups attached to an aromatic ring is 1. The van der Waals surface area contributed by atoms with Gasteiger partial charge in [0.25, 0.3) is 0 Å². The molecule has 0 aliphatic heterocycles. The van der Waals surface area contributed by atoms with Gasteiger partial charge in [-0.1, -0.05) is 42.5 Å². The van der Waals surface area contributed by atoms with Crippen molar-refractivity contribution in [1.82, 2.24) is 4.90 Å². The first-order valence-electron chi connectivity index (χ1n) is 7.17. The van der Waals surface area contributed by atoms with Gasteiger partial charge in [-0.05, 0) is 37.1 Å². The second kappa shape index (κ2) is 6.44. The Balaban J connectivity index is 2.15. The molecule has 1 amide bonds. The second-order valence-corrected chi connectivity index (χ2v) is 5.43. The fourth-order valence-corrected chi connectivity index (χ4v) is 2.42. The van der Waals surface area contributed by atoms with Gasteiger partial charge in [0.15, 0.2) is 0 Å². The van der Waals surface area contributed by atoms with Crippen LogP contribution >= 0.6 is 0 Å². The summed E-state index contributed by atoms with van der Waals surface area (Å²) in [5.41, 5.74) is 8.62. The molecule has 3 nitrogen and oxygen atoms in total. The first-order chi connectivity index (χ1) is 10.0. The Morgan fingerprint density at radius 2 is 1.62 bits per heavy atom. The molecule has 0 spiro atoms. The van der Waals surface area contributed by atoms with Gasteiger partial charge in [-0.2, -0.15) is 0 Å². The first-order valence-corrected chi connectivity index (χ1v) is 7.17. The Morgan fingerprint density at radius 3 is 2.24 bits per heavy atom. The van der Waals surface area contributed by atoms with Crippen LogP contribution in [0, 0.1) is 0 Å². The minimum absolute atomic E-state index is 0.00726. The number of likely N-dealkylation sites (N-methyl/N-ethyl adjacent to an activating group) is 1. The largest absolute Gasteiger partial charge is 0.399 e. The maximum Gasteiger partial charge on any atom is 0.230 e. The van der Waals surface area contributed by atoms with Crippen molar-refractivity contribution < 1.29 is 4.79 Å². The highest BCUT2D eigenvalue weighted by Gasteiger charge is 2.23. The number of amides is 1. The van der Waals surface area contributed by atoms with Gasteiger partial charge in [0, 0.05) is 12.7 Å². The van der Waals surface area contributed by atoms with Crippen molar-refractivity contribution in [2.45, 2.75) is 25.8 Å². The SMILES string of the molecule is CC(C(=O)N(C)C(C)c1cccc(N)c1)c1ccccc1. The average Bonchev–Trinajstić information content (AvgIpc) is 2.53. The number of nitrogens with two attached hydrogens (primary N) is 1. The summed E-state index contributed by atoms with van der Waals surface area (Å²) >= 11 is 0. The van der Waals surface area contributed by atoms with Crippen LogP contribution in [0.2, 0.25) is 0 Å². The number of anilines is 1. The molecular formula is C18H22N2O. The van der Waals surface area contributed by atoms with Gasteiger partial charge in [-0.3, -0.25) is 4.79 Å². The van der Waals surface area contributed by atoms with Crippen molar-refractivity contribution in [2.24, 2.45) is 0 Å². The molecule has 2 unspecified atom stereocenters. The fourth-order valence-electron chi connectivity index (χ4n) is 2.42. The lowest BCUT2D eigenvalue weighted by Crippen LogP contribution is -2.33. The number of carbonyl (C=O) groups excluding carboxylic acids is 1. The fraction of sp³-hybridized carbons (Fsp3) is 0.278. The van der Waals surface area contributed by atoms with Gasteiger partial charge in [-0.15, -0.1) is 0 Å². The van der Waals surface area contributed by atoms with Crippen LogP contribution in [0.15, 0.2) is 54.6 Å². The van der Waals surface area contributed by atoms with E-state index in [1.807, 2.05) is 75.5 Å². The van der Waals surface area contributed by atoms with Crippen molar-refractivity contribution in [3.05, 3.63) is 65.7 Å². The highest BCUT2D eigenvalue weighted by Crippen LogP contribution is 2.25. The molecular weight excluding hydrogens is 260 g/mol. The molecule has 2 rings (SSSR count). The van der Waals surface area contributed by atoms with Gasteiger partial charge in [0.05, 0.1) is 12.0 Å². The third-order valence-electron chi connectivity index (χ3n) is 3.99. The molecule has 21 heavy (non-hydrogen) atoms. The quantitative estimate of drug-likeness (QED) is 0.871. The number of carbonyl (C=O) groups is 1. The standard InChI is InChI=1S/C18H22N2O/c1-13(15-8-5-4-6-9-15)18(21)20(3)14(2)16-10-7-11-17(19)12-16/h4-14H,19H2,1-3H3. The van der Waals surface area contributed by atoms with Crippen molar-refractivity contribution >= 4 is 11.6 Å². The third-order valence-corrected chi connectivity index (χ3v) is 3.99. The number of hydrogen-bond acceptors (Lipinski definition) is 2. The summed E-state index contributed by atoms with van der Waals surface area (Å²) in [6.45, 7) is 3.96. The summed E-state index contributed by atoms with van der Waals surface area (Å²) in [4.78, 5) is 14.4. The molecule has 0 aliphatic rings. The van der Waals surface area contributed by atoms with E-state index in [9.17, 15) is 4.79 Å². The zero-order chi connectivity index (χ0) is 15.4. The van der Waals surface area contributed by atoms with Crippen LogP contribution in [-0.4, -0.2) is 17.9 Å². The van der Waals surface area contributed by atoms with E-state index >= 15 is 0 Å². The summed E-state index contributed by atoms with van der Waals surface area (Å²) in [5, 5.41) is 0. The second-order valence-electron chi connectivity index (χ2n) is 5.43. The lowest BCUT2D eigenvalue weighted by molar-refractivity contribution is -0.133. The van der Waals surface area contributed by atoms with Crippen LogP contribution in [0.25, 0.3) is 0 Å². The van der Waals surface area contributed by atoms with E-state index in [1.165, 1.54) is 0 Å². The molecule has 3 heteroatoms. The molecule has 2 atom stereocenters. The van der Waals surface area contributed by atoms with Crippen LogP contribution in [-0.2, 0) is 4.79 Å². The van der Waals surface area contributed by atoms with Crippen LogP contribution in [0.4, 0.5) is 5.69 Å². The molecule has 2 N–H and O–H groups in total. The Labute approximate surface area is 126 Å². The highest BCUT2D eigenvalue weighted by molar-refractivity contribution is 5.83. The molecule has 0 heterocycles. The van der Waals surface area contributed by atoms with Gasteiger partial charge in [0.2, 0.25) is 5.91 Å². The molecule has 0 bridgehead atoms. The van der Waals surface area contributed by atoms with Gasteiger partial charge < -0.3 is 10.6 Å². The van der Waals surface area contributed by atoms with Crippen LogP contribution in [0.3, 0.4) is 0 Å². The number of hydrogen-bond donors (Lipinski definition) is 1. The first kappa shape index (κ1) is 15.1. The van der Waals surface area contributed by atoms with Gasteiger partial charge in [-0.25, -0.2) is 0 Å². The van der Waals surface area contributed by atoms with E-state index in [0.29, 0.717) is 0 Å². The molecule has 0 aliphatic carbocycles. The molecule has 0 aromatic heterocycles. The number of rotatable bonds is 4. The van der Waals surface area contributed by atoms with Crippen molar-refractivity contribution in [3.8, 4) is 0 Å². The smallest absolute Gasteiger partial charge is 0.230 e. The molecule has 0 saturated heterocycles. The normalized spacial score (nSPS) is 13.5. The predicted molar refractivity (Wildman–Crippen MR) is 86.9 cm³/mol. The van der Waals surface area contributed by atoms with Gasteiger partial charge in [0.1, 0.15) is 0 Å². The Kier molecular flexibility index (Phi) is 4.63. The predicted octanol–water partition coefficient (Wildman–Crippen LogP) is 3.59. The Hall–Kier alpha value is -2.29. The topological polar surface area (TPSA) is 46.3 Å². The summed E-state index contributed by atoms with van der Waals surface area (Å²) in [5.74, 6) is -0.0455. The minimum atomic E-state index is -0.153. The molecule has 0 saturated carbocycles. The number of benzene rings is 2. The van der Waals surface area contributed by atoms with Crippen molar-refractivity contribution in [3.63, 3.8) is 0 Å². The molecule has 0 fully saturated rings. The summed E-state index contributed by atoms with van der Waals surface area (Å²) in [6, 6.07) is 17.5. The van der Waals surface area contributed by atoms with Crippen LogP contribution in [0.1, 0.15) is 36.9 Å². The van der Waals surface area contributed by atoms with Crippen molar-refractivity contribution in [2.75, 3.05) is 12.8 Å². The maximum atomic E-state index is 12.6. The third kappa shape index (κ3) is 3.43. The van der Waals surface area contributed by atoms with E-state index in [0.717, 1.165) is 16.8 Å². The summed E-state index contributed by atoms with van der Waals surface area (Å²) in [6.07, 6.45) is 0. The van der Waals surface area contributed by atoms with E-state index in [4.69, 9.17) is 5.73 Å². The van der Waals surface area contributed by atoms with E-state index in [-0.39, 0.29) is 17.9 Å². The van der Waals surface area contributed by atoms with Gasteiger partial charge >= 0.3 is 0 Å². The van der Waals surface area contributed by atoms with Crippen molar-refractivity contribution in [1.29, 1.82) is 0 Å². The minimum Gasteiger partial charge on any atom is -0.399 e. The zero-order valence-electron chi connectivity index (χ0n) is 12.8. The van der Waals surface area contributed by atoms with Crippen LogP contribution in [0.5, 0.6) is 0 Å². The summed E-state index contributed by atoms with van der Waals surface area (Å²) < 4.78 is 0. The zero-order valence-corrected chi connectivity index (χ0v) is 12.8. The summed E-state index contributed by atoms with van der Waals surface area (Å²) in [7, 11) is 1.84. The average molecular weight is 282 g/mol. The molecule has 0 radical (unpaired) electrons.